The summed E-state index contributed by atoms with van der Waals surface area (Å²) in [5.41, 5.74) is 3.15. The average Bonchev–Trinajstić information content (AvgIpc) is 2.76. The molecule has 0 N–H and O–H groups in total. The Morgan fingerprint density at radius 3 is 1.82 bits per heavy atom. The molecule has 0 aliphatic rings. The van der Waals surface area contributed by atoms with Gasteiger partial charge in [0, 0.05) is 6.07 Å². The summed E-state index contributed by atoms with van der Waals surface area (Å²) in [7, 11) is 0. The van der Waals surface area contributed by atoms with Gasteiger partial charge in [-0.1, -0.05) is 60.7 Å². The maximum Gasteiger partial charge on any atom is 0.153 e. The second-order valence-electron chi connectivity index (χ2n) is 6.69. The largest absolute Gasteiger partial charge is 0.493 e. The molecule has 28 heavy (non-hydrogen) atoms. The molecular weight excluding hydrogens is 348 g/mol. The summed E-state index contributed by atoms with van der Waals surface area (Å²) in [5, 5.41) is 0. The van der Waals surface area contributed by atoms with Gasteiger partial charge in [0.15, 0.2) is 6.29 Å². The molecule has 0 radical (unpaired) electrons. The Labute approximate surface area is 166 Å². The van der Waals surface area contributed by atoms with Crippen molar-refractivity contribution in [2.24, 2.45) is 0 Å². The molecule has 3 nitrogen and oxygen atoms in total. The highest BCUT2D eigenvalue weighted by Gasteiger charge is 2.06. The third-order valence-electron chi connectivity index (χ3n) is 4.54. The molecule has 144 valence electrons. The Kier molecular flexibility index (Phi) is 7.68. The third-order valence-corrected chi connectivity index (χ3v) is 4.54. The van der Waals surface area contributed by atoms with Crippen LogP contribution in [0.1, 0.15) is 34.3 Å². The van der Waals surface area contributed by atoms with E-state index in [2.05, 4.69) is 36.4 Å². The van der Waals surface area contributed by atoms with Crippen molar-refractivity contribution in [3.05, 3.63) is 95.6 Å². The van der Waals surface area contributed by atoms with Gasteiger partial charge < -0.3 is 9.47 Å². The number of carbonyl (C=O) groups excluding carboxylic acids is 1. The fraction of sp³-hybridized carbons (Fsp3) is 0.240. The topological polar surface area (TPSA) is 35.5 Å². The molecule has 0 spiro atoms. The first kappa shape index (κ1) is 19.7. The van der Waals surface area contributed by atoms with Crippen molar-refractivity contribution in [1.29, 1.82) is 0 Å². The van der Waals surface area contributed by atoms with Crippen molar-refractivity contribution in [2.45, 2.75) is 25.7 Å². The number of carbonyl (C=O) groups is 1. The molecule has 3 rings (SSSR count). The lowest BCUT2D eigenvalue weighted by molar-refractivity contribution is 0.111. The van der Waals surface area contributed by atoms with Gasteiger partial charge in [-0.05, 0) is 48.9 Å². The summed E-state index contributed by atoms with van der Waals surface area (Å²) in [6, 6.07) is 26.1. The minimum Gasteiger partial charge on any atom is -0.493 e. The average molecular weight is 374 g/mol. The van der Waals surface area contributed by atoms with Crippen molar-refractivity contribution < 1.29 is 14.3 Å². The maximum atomic E-state index is 11.3. The van der Waals surface area contributed by atoms with E-state index in [0.29, 0.717) is 24.5 Å². The van der Waals surface area contributed by atoms with Crippen LogP contribution >= 0.6 is 0 Å². The van der Waals surface area contributed by atoms with Crippen molar-refractivity contribution in [3.63, 3.8) is 0 Å². The van der Waals surface area contributed by atoms with Gasteiger partial charge >= 0.3 is 0 Å². The zero-order chi connectivity index (χ0) is 19.4. The fourth-order valence-electron chi connectivity index (χ4n) is 3.04. The van der Waals surface area contributed by atoms with Gasteiger partial charge in [0.2, 0.25) is 0 Å². The van der Waals surface area contributed by atoms with Crippen LogP contribution in [-0.2, 0) is 12.8 Å². The quantitative estimate of drug-likeness (QED) is 0.327. The van der Waals surface area contributed by atoms with Gasteiger partial charge in [0.05, 0.1) is 18.8 Å². The number of hydrogen-bond donors (Lipinski definition) is 0. The van der Waals surface area contributed by atoms with Gasteiger partial charge in [-0.3, -0.25) is 4.79 Å². The summed E-state index contributed by atoms with van der Waals surface area (Å²) in [6.45, 7) is 1.19. The summed E-state index contributed by atoms with van der Waals surface area (Å²) >= 11 is 0. The van der Waals surface area contributed by atoms with Gasteiger partial charge in [0.1, 0.15) is 11.5 Å². The SMILES string of the molecule is O=Cc1ccc(OCCCc2ccccc2)cc1OCCCc1ccccc1. The van der Waals surface area contributed by atoms with Crippen LogP contribution in [0.3, 0.4) is 0 Å². The highest BCUT2D eigenvalue weighted by Crippen LogP contribution is 2.24. The van der Waals surface area contributed by atoms with E-state index in [1.807, 2.05) is 36.4 Å². The van der Waals surface area contributed by atoms with Crippen LogP contribution in [0.25, 0.3) is 0 Å². The second-order valence-corrected chi connectivity index (χ2v) is 6.69. The highest BCUT2D eigenvalue weighted by atomic mass is 16.5. The molecule has 3 aromatic carbocycles. The Balaban J connectivity index is 1.46. The first-order valence-corrected chi connectivity index (χ1v) is 9.78. The zero-order valence-corrected chi connectivity index (χ0v) is 16.1. The maximum absolute atomic E-state index is 11.3. The molecule has 0 amide bonds. The third kappa shape index (κ3) is 6.27. The Morgan fingerprint density at radius 1 is 0.679 bits per heavy atom. The second kappa shape index (κ2) is 10.9. The van der Waals surface area contributed by atoms with Gasteiger partial charge in [-0.15, -0.1) is 0 Å². The molecule has 0 bridgehead atoms. The molecule has 0 heterocycles. The van der Waals surface area contributed by atoms with E-state index in [4.69, 9.17) is 9.47 Å². The van der Waals surface area contributed by atoms with Crippen molar-refractivity contribution >= 4 is 6.29 Å². The standard InChI is InChI=1S/C25H26O3/c26-20-23-15-16-24(27-17-7-13-21-9-3-1-4-10-21)19-25(23)28-18-8-14-22-11-5-2-6-12-22/h1-6,9-12,15-16,19-20H,7-8,13-14,17-18H2. The molecule has 0 aliphatic carbocycles. The molecule has 0 saturated heterocycles. The van der Waals surface area contributed by atoms with Crippen LogP contribution in [0.5, 0.6) is 11.5 Å². The molecular formula is C25H26O3. The van der Waals surface area contributed by atoms with Crippen LogP contribution in [0.4, 0.5) is 0 Å². The number of aldehydes is 1. The minimum atomic E-state index is 0.552. The summed E-state index contributed by atoms with van der Waals surface area (Å²) in [4.78, 5) is 11.3. The lowest BCUT2D eigenvalue weighted by atomic mass is 10.1. The summed E-state index contributed by atoms with van der Waals surface area (Å²) in [6.07, 6.45) is 4.59. The number of hydrogen-bond acceptors (Lipinski definition) is 3. The predicted octanol–water partition coefficient (Wildman–Crippen LogP) is 5.52. The van der Waals surface area contributed by atoms with Crippen LogP contribution in [0.15, 0.2) is 78.9 Å². The number of aryl methyl sites for hydroxylation is 2. The van der Waals surface area contributed by atoms with Crippen LogP contribution in [0, 0.1) is 0 Å². The van der Waals surface area contributed by atoms with Gasteiger partial charge in [-0.2, -0.15) is 0 Å². The fourth-order valence-corrected chi connectivity index (χ4v) is 3.04. The molecule has 0 aromatic heterocycles. The number of benzene rings is 3. The lowest BCUT2D eigenvalue weighted by Crippen LogP contribution is -2.03. The first-order valence-electron chi connectivity index (χ1n) is 9.78. The molecule has 3 heteroatoms. The van der Waals surface area contributed by atoms with Gasteiger partial charge in [0.25, 0.3) is 0 Å². The smallest absolute Gasteiger partial charge is 0.153 e. The number of rotatable bonds is 11. The van der Waals surface area contributed by atoms with E-state index in [9.17, 15) is 4.79 Å². The van der Waals surface area contributed by atoms with Crippen LogP contribution < -0.4 is 9.47 Å². The molecule has 3 aromatic rings. The van der Waals surface area contributed by atoms with Gasteiger partial charge in [-0.25, -0.2) is 0 Å². The Bertz CT molecular complexity index is 844. The molecule has 0 fully saturated rings. The van der Waals surface area contributed by atoms with E-state index in [1.165, 1.54) is 11.1 Å². The normalized spacial score (nSPS) is 10.4. The Morgan fingerprint density at radius 2 is 1.25 bits per heavy atom. The van der Waals surface area contributed by atoms with E-state index in [0.717, 1.165) is 37.7 Å². The first-order chi connectivity index (χ1) is 13.8. The van der Waals surface area contributed by atoms with Crippen LogP contribution in [-0.4, -0.2) is 19.5 Å². The van der Waals surface area contributed by atoms with Crippen molar-refractivity contribution in [2.75, 3.05) is 13.2 Å². The molecule has 0 saturated carbocycles. The monoisotopic (exact) mass is 374 g/mol. The predicted molar refractivity (Wildman–Crippen MR) is 112 cm³/mol. The van der Waals surface area contributed by atoms with E-state index in [1.54, 1.807) is 6.07 Å². The van der Waals surface area contributed by atoms with Crippen LogP contribution in [0.2, 0.25) is 0 Å². The summed E-state index contributed by atoms with van der Waals surface area (Å²) < 4.78 is 11.7. The minimum absolute atomic E-state index is 0.552. The van der Waals surface area contributed by atoms with Crippen molar-refractivity contribution in [3.8, 4) is 11.5 Å². The van der Waals surface area contributed by atoms with E-state index >= 15 is 0 Å². The highest BCUT2D eigenvalue weighted by molar-refractivity contribution is 5.79. The van der Waals surface area contributed by atoms with E-state index < -0.39 is 0 Å². The molecule has 0 aliphatic heterocycles. The Hall–Kier alpha value is -3.07. The van der Waals surface area contributed by atoms with E-state index in [-0.39, 0.29) is 0 Å². The summed E-state index contributed by atoms with van der Waals surface area (Å²) in [5.74, 6) is 1.32. The molecule has 0 atom stereocenters. The number of ether oxygens (including phenoxy) is 2. The zero-order valence-electron chi connectivity index (χ0n) is 16.1. The molecule has 0 unspecified atom stereocenters. The lowest BCUT2D eigenvalue weighted by Gasteiger charge is -2.12. The van der Waals surface area contributed by atoms with Crippen molar-refractivity contribution in [1.82, 2.24) is 0 Å².